The molecule has 0 amide bonds. The first kappa shape index (κ1) is 22.5. The number of imidazole rings is 1. The minimum absolute atomic E-state index is 0.160. The Labute approximate surface area is 200 Å². The lowest BCUT2D eigenvalue weighted by atomic mass is 10.0. The number of nitrogens with one attached hydrogen (secondary N) is 2. The molecule has 1 atom stereocenters. The molecule has 5 rings (SSSR count). The lowest BCUT2D eigenvalue weighted by molar-refractivity contribution is 0.552. The molecule has 0 bridgehead atoms. The number of fused-ring (bicyclic) bond motifs is 1. The summed E-state index contributed by atoms with van der Waals surface area (Å²) >= 11 is 0. The summed E-state index contributed by atoms with van der Waals surface area (Å²) in [6.07, 6.45) is 6.70. The molecule has 0 saturated carbocycles. The fourth-order valence-corrected chi connectivity index (χ4v) is 6.00. The molecule has 1 aliphatic carbocycles. The minimum atomic E-state index is -3.27. The molecule has 1 aliphatic rings. The summed E-state index contributed by atoms with van der Waals surface area (Å²) in [4.78, 5) is 12.6. The first-order chi connectivity index (χ1) is 16.5. The summed E-state index contributed by atoms with van der Waals surface area (Å²) in [5.41, 5.74) is 7.11. The number of unbranched alkanes of at least 4 members (excludes halogenated alkanes) is 1. The predicted molar refractivity (Wildman–Crippen MR) is 136 cm³/mol. The molecule has 34 heavy (non-hydrogen) atoms. The highest BCUT2D eigenvalue weighted by molar-refractivity contribution is 7.89. The Bertz CT molecular complexity index is 1380. The maximum Gasteiger partial charge on any atom is 0.212 e. The molecular weight excluding hydrogens is 444 g/mol. The molecule has 2 aromatic heterocycles. The number of pyridine rings is 1. The quantitative estimate of drug-likeness (QED) is 0.354. The average Bonchev–Trinajstić information content (AvgIpc) is 3.48. The van der Waals surface area contributed by atoms with Crippen LogP contribution in [0.5, 0.6) is 0 Å². The molecule has 0 aliphatic heterocycles. The third-order valence-corrected chi connectivity index (χ3v) is 7.77. The molecule has 2 aromatic carbocycles. The van der Waals surface area contributed by atoms with Gasteiger partial charge in [0.1, 0.15) is 5.82 Å². The van der Waals surface area contributed by atoms with E-state index in [4.69, 9.17) is 4.98 Å². The van der Waals surface area contributed by atoms with Crippen molar-refractivity contribution in [1.82, 2.24) is 19.7 Å². The van der Waals surface area contributed by atoms with Crippen molar-refractivity contribution in [2.75, 3.05) is 5.75 Å². The maximum atomic E-state index is 12.5. The maximum absolute atomic E-state index is 12.5. The van der Waals surface area contributed by atoms with Crippen molar-refractivity contribution >= 4 is 10.0 Å². The predicted octanol–water partition coefficient (Wildman–Crippen LogP) is 5.51. The Hall–Kier alpha value is -3.29. The SMILES string of the molecule is CCCCS(=O)(=O)NC1CCc2cc(-c3[nH]c(-c4ccccc4)nc3-c3ccncc3)ccc21. The first-order valence-corrected chi connectivity index (χ1v) is 13.4. The molecule has 0 fully saturated rings. The van der Waals surface area contributed by atoms with Crippen molar-refractivity contribution in [2.24, 2.45) is 0 Å². The highest BCUT2D eigenvalue weighted by Gasteiger charge is 2.27. The molecular formula is C27H28N4O2S. The molecule has 0 radical (unpaired) electrons. The summed E-state index contributed by atoms with van der Waals surface area (Å²) in [5, 5.41) is 0. The van der Waals surface area contributed by atoms with Crippen LogP contribution in [0.4, 0.5) is 0 Å². The van der Waals surface area contributed by atoms with E-state index in [0.29, 0.717) is 6.42 Å². The van der Waals surface area contributed by atoms with Gasteiger partial charge < -0.3 is 4.98 Å². The minimum Gasteiger partial charge on any atom is -0.337 e. The van der Waals surface area contributed by atoms with Crippen LogP contribution < -0.4 is 4.72 Å². The van der Waals surface area contributed by atoms with Crippen LogP contribution in [-0.4, -0.2) is 29.1 Å². The van der Waals surface area contributed by atoms with Crippen LogP contribution >= 0.6 is 0 Å². The summed E-state index contributed by atoms with van der Waals surface area (Å²) < 4.78 is 27.8. The van der Waals surface area contributed by atoms with Crippen LogP contribution in [0.25, 0.3) is 33.9 Å². The largest absolute Gasteiger partial charge is 0.337 e. The second kappa shape index (κ2) is 9.52. The highest BCUT2D eigenvalue weighted by Crippen LogP contribution is 2.38. The second-order valence-electron chi connectivity index (χ2n) is 8.71. The lowest BCUT2D eigenvalue weighted by Gasteiger charge is -2.15. The fraction of sp³-hybridized carbons (Fsp3) is 0.259. The van der Waals surface area contributed by atoms with Gasteiger partial charge in [-0.3, -0.25) is 4.98 Å². The summed E-state index contributed by atoms with van der Waals surface area (Å²) in [7, 11) is -3.27. The summed E-state index contributed by atoms with van der Waals surface area (Å²) in [6.45, 7) is 2.00. The molecule has 1 unspecified atom stereocenters. The van der Waals surface area contributed by atoms with E-state index in [0.717, 1.165) is 58.7 Å². The number of aromatic amines is 1. The van der Waals surface area contributed by atoms with Crippen molar-refractivity contribution in [3.8, 4) is 33.9 Å². The lowest BCUT2D eigenvalue weighted by Crippen LogP contribution is -2.29. The fourth-order valence-electron chi connectivity index (χ4n) is 4.54. The zero-order valence-electron chi connectivity index (χ0n) is 19.2. The van der Waals surface area contributed by atoms with E-state index in [1.807, 2.05) is 49.4 Å². The van der Waals surface area contributed by atoms with Gasteiger partial charge in [0.25, 0.3) is 0 Å². The summed E-state index contributed by atoms with van der Waals surface area (Å²) in [6, 6.07) is 20.1. The van der Waals surface area contributed by atoms with Gasteiger partial charge in [-0.15, -0.1) is 0 Å². The van der Waals surface area contributed by atoms with Crippen LogP contribution in [-0.2, 0) is 16.4 Å². The molecule has 4 aromatic rings. The Balaban J connectivity index is 1.51. The van der Waals surface area contributed by atoms with Gasteiger partial charge in [0, 0.05) is 35.1 Å². The van der Waals surface area contributed by atoms with Crippen LogP contribution in [0.2, 0.25) is 0 Å². The molecule has 0 saturated heterocycles. The van der Waals surface area contributed by atoms with Crippen molar-refractivity contribution in [2.45, 2.75) is 38.6 Å². The smallest absolute Gasteiger partial charge is 0.212 e. The van der Waals surface area contributed by atoms with E-state index in [1.165, 1.54) is 5.56 Å². The van der Waals surface area contributed by atoms with Crippen molar-refractivity contribution in [3.63, 3.8) is 0 Å². The number of sulfonamides is 1. The number of rotatable bonds is 8. The van der Waals surface area contributed by atoms with E-state index in [-0.39, 0.29) is 11.8 Å². The Morgan fingerprint density at radius 2 is 1.79 bits per heavy atom. The normalized spacial score (nSPS) is 15.4. The van der Waals surface area contributed by atoms with Gasteiger partial charge in [-0.2, -0.15) is 0 Å². The van der Waals surface area contributed by atoms with Crippen LogP contribution in [0.3, 0.4) is 0 Å². The molecule has 0 spiro atoms. The average molecular weight is 473 g/mol. The van der Waals surface area contributed by atoms with E-state index in [1.54, 1.807) is 12.4 Å². The van der Waals surface area contributed by atoms with E-state index in [9.17, 15) is 8.42 Å². The van der Waals surface area contributed by atoms with Crippen molar-refractivity contribution in [1.29, 1.82) is 0 Å². The van der Waals surface area contributed by atoms with E-state index >= 15 is 0 Å². The van der Waals surface area contributed by atoms with Gasteiger partial charge in [0.15, 0.2) is 0 Å². The Morgan fingerprint density at radius 1 is 1.00 bits per heavy atom. The number of nitrogens with zero attached hydrogens (tertiary/aromatic N) is 2. The molecule has 174 valence electrons. The highest BCUT2D eigenvalue weighted by atomic mass is 32.2. The monoisotopic (exact) mass is 472 g/mol. The van der Waals surface area contributed by atoms with Crippen molar-refractivity contribution < 1.29 is 8.42 Å². The topological polar surface area (TPSA) is 87.7 Å². The van der Waals surface area contributed by atoms with Gasteiger partial charge in [-0.25, -0.2) is 18.1 Å². The van der Waals surface area contributed by atoms with E-state index in [2.05, 4.69) is 32.9 Å². The number of benzene rings is 2. The van der Waals surface area contributed by atoms with Crippen LogP contribution in [0, 0.1) is 0 Å². The number of H-pyrrole nitrogens is 1. The third-order valence-electron chi connectivity index (χ3n) is 6.30. The van der Waals surface area contributed by atoms with Crippen LogP contribution in [0.15, 0.2) is 73.1 Å². The summed E-state index contributed by atoms with van der Waals surface area (Å²) in [5.74, 6) is 0.989. The van der Waals surface area contributed by atoms with Gasteiger partial charge in [-0.1, -0.05) is 55.8 Å². The molecule has 2 heterocycles. The van der Waals surface area contributed by atoms with E-state index < -0.39 is 10.0 Å². The number of aromatic nitrogens is 3. The van der Waals surface area contributed by atoms with Gasteiger partial charge in [-0.05, 0) is 48.6 Å². The number of hydrogen-bond donors (Lipinski definition) is 2. The Kier molecular flexibility index (Phi) is 6.30. The zero-order chi connectivity index (χ0) is 23.5. The van der Waals surface area contributed by atoms with Crippen LogP contribution in [0.1, 0.15) is 43.4 Å². The van der Waals surface area contributed by atoms with Gasteiger partial charge in [0.05, 0.1) is 17.1 Å². The number of hydrogen-bond acceptors (Lipinski definition) is 4. The molecule has 6 nitrogen and oxygen atoms in total. The Morgan fingerprint density at radius 3 is 2.56 bits per heavy atom. The third kappa shape index (κ3) is 4.67. The number of aryl methyl sites for hydroxylation is 1. The van der Waals surface area contributed by atoms with Gasteiger partial charge >= 0.3 is 0 Å². The standard InChI is InChI=1S/C27H28N4O2S/c1-2-3-17-34(32,33)31-24-12-10-21-18-22(9-11-23(21)24)26-25(19-13-15-28-16-14-19)29-27(30-26)20-7-5-4-6-8-20/h4-9,11,13-16,18,24,31H,2-3,10,12,17H2,1H3,(H,29,30). The second-order valence-corrected chi connectivity index (χ2v) is 10.6. The van der Waals surface area contributed by atoms with Gasteiger partial charge in [0.2, 0.25) is 10.0 Å². The molecule has 2 N–H and O–H groups in total. The van der Waals surface area contributed by atoms with Crippen molar-refractivity contribution in [3.05, 3.63) is 84.2 Å². The molecule has 7 heteroatoms. The zero-order valence-corrected chi connectivity index (χ0v) is 20.0. The first-order valence-electron chi connectivity index (χ1n) is 11.7.